The summed E-state index contributed by atoms with van der Waals surface area (Å²) in [5.74, 6) is -0.766. The molecule has 0 aromatic rings. The van der Waals surface area contributed by atoms with Gasteiger partial charge in [-0.15, -0.1) is 23.2 Å². The molecule has 2 unspecified atom stereocenters. The van der Waals surface area contributed by atoms with Crippen molar-refractivity contribution in [2.24, 2.45) is 5.92 Å². The Hall–Kier alpha value is -0.000000000000000111. The van der Waals surface area contributed by atoms with Gasteiger partial charge in [0.2, 0.25) is 10.0 Å². The molecule has 0 bridgehead atoms. The first-order chi connectivity index (χ1) is 6.21. The van der Waals surface area contributed by atoms with Gasteiger partial charge in [0.05, 0.1) is 6.26 Å². The van der Waals surface area contributed by atoms with Crippen LogP contribution in [-0.4, -0.2) is 42.2 Å². The molecular weight excluding hydrogens is 249 g/mol. The maximum Gasteiger partial charge on any atom is 0.257 e. The van der Waals surface area contributed by atoms with Crippen molar-refractivity contribution in [2.75, 3.05) is 18.7 Å². The molecule has 1 saturated heterocycles. The molecule has 4 nitrogen and oxygen atoms in total. The first kappa shape index (κ1) is 12.1. The molecule has 82 valence electrons. The minimum absolute atomic E-state index is 0.0706. The monoisotopic (exact) mass is 259 g/mol. The van der Waals surface area contributed by atoms with Gasteiger partial charge in [-0.3, -0.25) is 4.79 Å². The SMILES string of the molecule is CC1(Cl)C(=O)N(S(C)(=O)=O)CC1CCl. The smallest absolute Gasteiger partial charge is 0.257 e. The predicted molar refractivity (Wildman–Crippen MR) is 55.0 cm³/mol. The van der Waals surface area contributed by atoms with Gasteiger partial charge >= 0.3 is 0 Å². The van der Waals surface area contributed by atoms with Gasteiger partial charge in [0, 0.05) is 18.3 Å². The van der Waals surface area contributed by atoms with E-state index in [9.17, 15) is 13.2 Å². The van der Waals surface area contributed by atoms with E-state index >= 15 is 0 Å². The Bertz CT molecular complexity index is 352. The van der Waals surface area contributed by atoms with E-state index in [-0.39, 0.29) is 18.3 Å². The summed E-state index contributed by atoms with van der Waals surface area (Å²) in [7, 11) is -3.53. The third-order valence-electron chi connectivity index (χ3n) is 2.38. The molecular formula is C7H11Cl2NO3S. The standard InChI is InChI=1S/C7H11Cl2NO3S/c1-7(9)5(3-8)4-10(6(7)11)14(2,12)13/h5H,3-4H2,1-2H3. The van der Waals surface area contributed by atoms with Crippen molar-refractivity contribution < 1.29 is 13.2 Å². The van der Waals surface area contributed by atoms with Crippen LogP contribution in [0.3, 0.4) is 0 Å². The van der Waals surface area contributed by atoms with Crippen LogP contribution in [0, 0.1) is 5.92 Å². The van der Waals surface area contributed by atoms with Gasteiger partial charge in [-0.05, 0) is 6.92 Å². The van der Waals surface area contributed by atoms with E-state index < -0.39 is 20.8 Å². The second-order valence-electron chi connectivity index (χ2n) is 3.53. The molecule has 1 rings (SSSR count). The van der Waals surface area contributed by atoms with Crippen molar-refractivity contribution in [1.29, 1.82) is 0 Å². The van der Waals surface area contributed by atoms with E-state index in [1.807, 2.05) is 0 Å². The average molecular weight is 260 g/mol. The third kappa shape index (κ3) is 1.85. The Balaban J connectivity index is 3.06. The highest BCUT2D eigenvalue weighted by Gasteiger charge is 2.51. The summed E-state index contributed by atoms with van der Waals surface area (Å²) in [4.78, 5) is 10.4. The lowest BCUT2D eigenvalue weighted by atomic mass is 9.99. The molecule has 2 atom stereocenters. The molecule has 1 amide bonds. The summed E-state index contributed by atoms with van der Waals surface area (Å²) >= 11 is 11.6. The molecule has 1 heterocycles. The number of nitrogens with zero attached hydrogens (tertiary/aromatic N) is 1. The van der Waals surface area contributed by atoms with Crippen LogP contribution < -0.4 is 0 Å². The highest BCUT2D eigenvalue weighted by atomic mass is 35.5. The van der Waals surface area contributed by atoms with Crippen molar-refractivity contribution in [1.82, 2.24) is 4.31 Å². The van der Waals surface area contributed by atoms with Crippen molar-refractivity contribution in [3.8, 4) is 0 Å². The number of sulfonamides is 1. The van der Waals surface area contributed by atoms with Gasteiger partial charge in [0.1, 0.15) is 4.87 Å². The van der Waals surface area contributed by atoms with Crippen LogP contribution in [0.1, 0.15) is 6.92 Å². The third-order valence-corrected chi connectivity index (χ3v) is 4.34. The Morgan fingerprint density at radius 1 is 1.64 bits per heavy atom. The fraction of sp³-hybridized carbons (Fsp3) is 0.857. The lowest BCUT2D eigenvalue weighted by molar-refractivity contribution is -0.125. The molecule has 1 fully saturated rings. The number of amides is 1. The zero-order valence-electron chi connectivity index (χ0n) is 7.83. The molecule has 7 heteroatoms. The van der Waals surface area contributed by atoms with Crippen LogP contribution in [0.2, 0.25) is 0 Å². The lowest BCUT2D eigenvalue weighted by Crippen LogP contribution is -2.38. The molecule has 0 aromatic heterocycles. The maximum absolute atomic E-state index is 11.6. The molecule has 1 aliphatic heterocycles. The average Bonchev–Trinajstić information content (AvgIpc) is 2.23. The minimum atomic E-state index is -3.53. The number of hydrogen-bond donors (Lipinski definition) is 0. The summed E-state index contributed by atoms with van der Waals surface area (Å²) in [6.45, 7) is 1.57. The van der Waals surface area contributed by atoms with Crippen LogP contribution in [-0.2, 0) is 14.8 Å². The predicted octanol–water partition coefficient (Wildman–Crippen LogP) is 0.641. The van der Waals surface area contributed by atoms with Crippen LogP contribution in [0.4, 0.5) is 0 Å². The van der Waals surface area contributed by atoms with Gasteiger partial charge in [0.15, 0.2) is 0 Å². The number of alkyl halides is 2. The lowest BCUT2D eigenvalue weighted by Gasteiger charge is -2.18. The van der Waals surface area contributed by atoms with Gasteiger partial charge in [-0.1, -0.05) is 0 Å². The molecule has 0 spiro atoms. The van der Waals surface area contributed by atoms with Crippen molar-refractivity contribution in [2.45, 2.75) is 11.8 Å². The van der Waals surface area contributed by atoms with E-state index in [0.29, 0.717) is 0 Å². The highest BCUT2D eigenvalue weighted by molar-refractivity contribution is 7.88. The van der Waals surface area contributed by atoms with E-state index in [1.54, 1.807) is 0 Å². The normalized spacial score (nSPS) is 33.9. The number of halogens is 2. The zero-order valence-corrected chi connectivity index (χ0v) is 10.2. The van der Waals surface area contributed by atoms with E-state index in [1.165, 1.54) is 6.92 Å². The van der Waals surface area contributed by atoms with Crippen LogP contribution >= 0.6 is 23.2 Å². The first-order valence-corrected chi connectivity index (χ1v) is 6.74. The van der Waals surface area contributed by atoms with Gasteiger partial charge in [-0.25, -0.2) is 12.7 Å². The summed E-state index contributed by atoms with van der Waals surface area (Å²) < 4.78 is 23.2. The number of carbonyl (C=O) groups excluding carboxylic acids is 1. The molecule has 0 aliphatic carbocycles. The maximum atomic E-state index is 11.6. The molecule has 0 radical (unpaired) electrons. The highest BCUT2D eigenvalue weighted by Crippen LogP contribution is 2.36. The second-order valence-corrected chi connectivity index (χ2v) is 6.53. The number of rotatable bonds is 2. The Morgan fingerprint density at radius 2 is 2.14 bits per heavy atom. The second kappa shape index (κ2) is 3.54. The van der Waals surface area contributed by atoms with Crippen LogP contribution in [0.5, 0.6) is 0 Å². The fourth-order valence-corrected chi connectivity index (χ4v) is 3.08. The zero-order chi connectivity index (χ0) is 11.1. The van der Waals surface area contributed by atoms with Crippen LogP contribution in [0.25, 0.3) is 0 Å². The molecule has 1 aliphatic rings. The van der Waals surface area contributed by atoms with E-state index in [0.717, 1.165) is 10.6 Å². The quantitative estimate of drug-likeness (QED) is 0.685. The summed E-state index contributed by atoms with van der Waals surface area (Å²) in [5.41, 5.74) is 0. The molecule has 0 N–H and O–H groups in total. The Kier molecular flexibility index (Phi) is 3.05. The summed E-state index contributed by atoms with van der Waals surface area (Å²) in [5, 5.41) is 0. The van der Waals surface area contributed by atoms with Gasteiger partial charge in [-0.2, -0.15) is 0 Å². The van der Waals surface area contributed by atoms with Crippen LogP contribution in [0.15, 0.2) is 0 Å². The molecule has 0 aromatic carbocycles. The largest absolute Gasteiger partial charge is 0.272 e. The first-order valence-electron chi connectivity index (χ1n) is 3.98. The Morgan fingerprint density at radius 3 is 2.36 bits per heavy atom. The van der Waals surface area contributed by atoms with E-state index in [4.69, 9.17) is 23.2 Å². The molecule has 14 heavy (non-hydrogen) atoms. The summed E-state index contributed by atoms with van der Waals surface area (Å²) in [6.07, 6.45) is 0.981. The topological polar surface area (TPSA) is 54.5 Å². The fourth-order valence-electron chi connectivity index (χ4n) is 1.35. The minimum Gasteiger partial charge on any atom is -0.272 e. The summed E-state index contributed by atoms with van der Waals surface area (Å²) in [6, 6.07) is 0. The molecule has 0 saturated carbocycles. The number of hydrogen-bond acceptors (Lipinski definition) is 3. The van der Waals surface area contributed by atoms with Crippen molar-refractivity contribution in [3.63, 3.8) is 0 Å². The van der Waals surface area contributed by atoms with Crippen molar-refractivity contribution >= 4 is 39.1 Å². The van der Waals surface area contributed by atoms with Gasteiger partial charge in [0.25, 0.3) is 5.91 Å². The number of carbonyl (C=O) groups is 1. The van der Waals surface area contributed by atoms with E-state index in [2.05, 4.69) is 0 Å². The Labute approximate surface area is 93.2 Å². The van der Waals surface area contributed by atoms with Crippen molar-refractivity contribution in [3.05, 3.63) is 0 Å². The van der Waals surface area contributed by atoms with Gasteiger partial charge < -0.3 is 0 Å².